The molecule has 21 heavy (non-hydrogen) atoms. The first-order valence-corrected chi connectivity index (χ1v) is 6.30. The van der Waals surface area contributed by atoms with Crippen LogP contribution in [0, 0.1) is 24.4 Å². The third-order valence-electron chi connectivity index (χ3n) is 3.01. The van der Waals surface area contributed by atoms with Crippen molar-refractivity contribution in [2.24, 2.45) is 0 Å². The second-order valence-electron chi connectivity index (χ2n) is 4.66. The Morgan fingerprint density at radius 3 is 2.38 bits per heavy atom. The Hall–Kier alpha value is -2.30. The van der Waals surface area contributed by atoms with Crippen LogP contribution >= 0.6 is 0 Å². The molecule has 2 nitrogen and oxygen atoms in total. The SMILES string of the molecule is Cc1cc(F)ccc1OC(C)C(=O)c1ccc(F)c(F)c1. The molecule has 1 unspecified atom stereocenters. The molecule has 0 aliphatic carbocycles. The molecule has 0 saturated carbocycles. The summed E-state index contributed by atoms with van der Waals surface area (Å²) in [5.41, 5.74) is 0.557. The van der Waals surface area contributed by atoms with E-state index in [0.717, 1.165) is 12.1 Å². The number of ketones is 1. The molecule has 0 heterocycles. The fraction of sp³-hybridized carbons (Fsp3) is 0.188. The normalized spacial score (nSPS) is 12.0. The van der Waals surface area contributed by atoms with Crippen molar-refractivity contribution in [1.29, 1.82) is 0 Å². The summed E-state index contributed by atoms with van der Waals surface area (Å²) < 4.78 is 44.4. The Kier molecular flexibility index (Phi) is 4.31. The topological polar surface area (TPSA) is 26.3 Å². The lowest BCUT2D eigenvalue weighted by molar-refractivity contribution is 0.0816. The minimum Gasteiger partial charge on any atom is -0.482 e. The summed E-state index contributed by atoms with van der Waals surface area (Å²) >= 11 is 0. The van der Waals surface area contributed by atoms with Gasteiger partial charge in [0.2, 0.25) is 5.78 Å². The molecule has 2 rings (SSSR count). The lowest BCUT2D eigenvalue weighted by Crippen LogP contribution is -2.24. The van der Waals surface area contributed by atoms with Crippen molar-refractivity contribution in [2.75, 3.05) is 0 Å². The standard InChI is InChI=1S/C16H13F3O2/c1-9-7-12(17)4-6-15(9)21-10(2)16(20)11-3-5-13(18)14(19)8-11/h3-8,10H,1-2H3. The van der Waals surface area contributed by atoms with Gasteiger partial charge in [0.05, 0.1) is 0 Å². The number of rotatable bonds is 4. The highest BCUT2D eigenvalue weighted by Crippen LogP contribution is 2.21. The van der Waals surface area contributed by atoms with Gasteiger partial charge in [0.25, 0.3) is 0 Å². The molecule has 2 aromatic rings. The first-order valence-electron chi connectivity index (χ1n) is 6.30. The second kappa shape index (κ2) is 5.99. The van der Waals surface area contributed by atoms with Crippen LogP contribution in [0.15, 0.2) is 36.4 Å². The average molecular weight is 294 g/mol. The Morgan fingerprint density at radius 1 is 1.05 bits per heavy atom. The van der Waals surface area contributed by atoms with Crippen LogP contribution in [0.1, 0.15) is 22.8 Å². The third-order valence-corrected chi connectivity index (χ3v) is 3.01. The van der Waals surface area contributed by atoms with E-state index in [9.17, 15) is 18.0 Å². The van der Waals surface area contributed by atoms with Gasteiger partial charge in [-0.3, -0.25) is 4.79 Å². The number of Topliss-reactive ketones (excluding diaryl/α,β-unsaturated/α-hetero) is 1. The fourth-order valence-corrected chi connectivity index (χ4v) is 1.87. The molecule has 1 atom stereocenters. The smallest absolute Gasteiger partial charge is 0.203 e. The largest absolute Gasteiger partial charge is 0.482 e. The van der Waals surface area contributed by atoms with Gasteiger partial charge in [-0.2, -0.15) is 0 Å². The van der Waals surface area contributed by atoms with Crippen LogP contribution in [0.5, 0.6) is 5.75 Å². The van der Waals surface area contributed by atoms with Gasteiger partial charge in [-0.05, 0) is 55.8 Å². The highest BCUT2D eigenvalue weighted by molar-refractivity contribution is 5.99. The van der Waals surface area contributed by atoms with Crippen LogP contribution in [-0.4, -0.2) is 11.9 Å². The minimum atomic E-state index is -1.09. The van der Waals surface area contributed by atoms with E-state index in [-0.39, 0.29) is 5.56 Å². The van der Waals surface area contributed by atoms with Crippen LogP contribution < -0.4 is 4.74 Å². The molecule has 0 aromatic heterocycles. The maximum Gasteiger partial charge on any atom is 0.203 e. The molecule has 0 spiro atoms. The van der Waals surface area contributed by atoms with Crippen LogP contribution in [0.2, 0.25) is 0 Å². The molecule has 0 N–H and O–H groups in total. The van der Waals surface area contributed by atoms with Crippen molar-refractivity contribution < 1.29 is 22.7 Å². The van der Waals surface area contributed by atoms with Crippen molar-refractivity contribution in [1.82, 2.24) is 0 Å². The molecule has 0 amide bonds. The molecule has 5 heteroatoms. The zero-order chi connectivity index (χ0) is 15.6. The van der Waals surface area contributed by atoms with Crippen molar-refractivity contribution in [3.8, 4) is 5.75 Å². The van der Waals surface area contributed by atoms with Crippen molar-refractivity contribution in [2.45, 2.75) is 20.0 Å². The Balaban J connectivity index is 2.17. The van der Waals surface area contributed by atoms with Gasteiger partial charge < -0.3 is 4.74 Å². The van der Waals surface area contributed by atoms with Gasteiger partial charge >= 0.3 is 0 Å². The van der Waals surface area contributed by atoms with E-state index in [0.29, 0.717) is 11.3 Å². The van der Waals surface area contributed by atoms with Crippen LogP contribution in [0.4, 0.5) is 13.2 Å². The van der Waals surface area contributed by atoms with Crippen molar-refractivity contribution in [3.05, 3.63) is 65.0 Å². The summed E-state index contributed by atoms with van der Waals surface area (Å²) in [6.45, 7) is 3.14. The monoisotopic (exact) mass is 294 g/mol. The van der Waals surface area contributed by atoms with Crippen LogP contribution in [0.3, 0.4) is 0 Å². The number of aryl methyl sites for hydroxylation is 1. The quantitative estimate of drug-likeness (QED) is 0.795. The predicted octanol–water partition coefficient (Wildman–Crippen LogP) is 4.06. The molecule has 0 aliphatic heterocycles. The number of benzene rings is 2. The number of hydrogen-bond acceptors (Lipinski definition) is 2. The summed E-state index contributed by atoms with van der Waals surface area (Å²) in [4.78, 5) is 12.1. The van der Waals surface area contributed by atoms with Crippen LogP contribution in [-0.2, 0) is 0 Å². The highest BCUT2D eigenvalue weighted by atomic mass is 19.2. The molecule has 0 fully saturated rings. The van der Waals surface area contributed by atoms with Gasteiger partial charge in [-0.25, -0.2) is 13.2 Å². The van der Waals surface area contributed by atoms with E-state index in [1.54, 1.807) is 6.92 Å². The van der Waals surface area contributed by atoms with Gasteiger partial charge in [-0.15, -0.1) is 0 Å². The Labute approximate surface area is 120 Å². The first kappa shape index (κ1) is 15.1. The molecule has 0 bridgehead atoms. The molecule has 110 valence electrons. The number of ether oxygens (including phenoxy) is 1. The van der Waals surface area contributed by atoms with Gasteiger partial charge in [0, 0.05) is 5.56 Å². The third kappa shape index (κ3) is 3.42. The van der Waals surface area contributed by atoms with Crippen molar-refractivity contribution in [3.63, 3.8) is 0 Å². The van der Waals surface area contributed by atoms with E-state index >= 15 is 0 Å². The Morgan fingerprint density at radius 2 is 1.76 bits per heavy atom. The number of carbonyl (C=O) groups excluding carboxylic acids is 1. The van der Waals surface area contributed by atoms with Gasteiger partial charge in [0.1, 0.15) is 11.6 Å². The van der Waals surface area contributed by atoms with E-state index in [4.69, 9.17) is 4.74 Å². The molecule has 0 radical (unpaired) electrons. The lowest BCUT2D eigenvalue weighted by atomic mass is 10.1. The summed E-state index contributed by atoms with van der Waals surface area (Å²) in [6, 6.07) is 6.83. The molecule has 0 saturated heterocycles. The second-order valence-corrected chi connectivity index (χ2v) is 4.66. The summed E-state index contributed by atoms with van der Waals surface area (Å²) in [7, 11) is 0. The fourth-order valence-electron chi connectivity index (χ4n) is 1.87. The number of carbonyl (C=O) groups is 1. The summed E-state index contributed by atoms with van der Waals surface area (Å²) in [5, 5.41) is 0. The van der Waals surface area contributed by atoms with E-state index in [1.807, 2.05) is 0 Å². The van der Waals surface area contributed by atoms with Gasteiger partial charge in [0.15, 0.2) is 17.7 Å². The molecule has 2 aromatic carbocycles. The van der Waals surface area contributed by atoms with E-state index in [1.165, 1.54) is 31.2 Å². The Bertz CT molecular complexity index is 683. The maximum absolute atomic E-state index is 13.1. The van der Waals surface area contributed by atoms with E-state index < -0.39 is 29.3 Å². The first-order chi connectivity index (χ1) is 9.88. The molecule has 0 aliphatic rings. The highest BCUT2D eigenvalue weighted by Gasteiger charge is 2.19. The minimum absolute atomic E-state index is 0.0150. The average Bonchev–Trinajstić information content (AvgIpc) is 2.44. The lowest BCUT2D eigenvalue weighted by Gasteiger charge is -2.15. The van der Waals surface area contributed by atoms with E-state index in [2.05, 4.69) is 0 Å². The summed E-state index contributed by atoms with van der Waals surface area (Å²) in [5.74, 6) is -2.64. The van der Waals surface area contributed by atoms with Crippen molar-refractivity contribution >= 4 is 5.78 Å². The number of halogens is 3. The predicted molar refractivity (Wildman–Crippen MR) is 71.9 cm³/mol. The molecular formula is C16H13F3O2. The van der Waals surface area contributed by atoms with Gasteiger partial charge in [-0.1, -0.05) is 0 Å². The molecular weight excluding hydrogens is 281 g/mol. The maximum atomic E-state index is 13.1. The summed E-state index contributed by atoms with van der Waals surface area (Å²) in [6.07, 6.45) is -0.904. The zero-order valence-electron chi connectivity index (χ0n) is 11.5. The van der Waals surface area contributed by atoms with Crippen LogP contribution in [0.25, 0.3) is 0 Å². The zero-order valence-corrected chi connectivity index (χ0v) is 11.5. The number of hydrogen-bond donors (Lipinski definition) is 0.